The number of thioether (sulfide) groups is 1. The number of hydrogen-bond acceptors (Lipinski definition) is 5. The monoisotopic (exact) mass is 449 g/mol. The van der Waals surface area contributed by atoms with Gasteiger partial charge in [-0.2, -0.15) is 11.8 Å². The van der Waals surface area contributed by atoms with Crippen molar-refractivity contribution in [1.29, 1.82) is 0 Å². The van der Waals surface area contributed by atoms with Gasteiger partial charge in [-0.3, -0.25) is 4.79 Å². The van der Waals surface area contributed by atoms with E-state index in [0.717, 1.165) is 59.3 Å². The zero-order chi connectivity index (χ0) is 22.3. The molecule has 4 rings (SSSR count). The molecule has 1 fully saturated rings. The SMILES string of the molecule is CCC(C)N(Cc1c(-c2ccccc2)noc1N1CCSCC1)C(=O)Cc1ccccc1. The fourth-order valence-corrected chi connectivity index (χ4v) is 4.94. The van der Waals surface area contributed by atoms with Crippen molar-refractivity contribution in [2.45, 2.75) is 39.3 Å². The number of benzene rings is 2. The molecule has 32 heavy (non-hydrogen) atoms. The molecule has 1 unspecified atom stereocenters. The summed E-state index contributed by atoms with van der Waals surface area (Å²) < 4.78 is 5.93. The van der Waals surface area contributed by atoms with Gasteiger partial charge in [0.1, 0.15) is 5.69 Å². The lowest BCUT2D eigenvalue weighted by Crippen LogP contribution is -2.39. The van der Waals surface area contributed by atoms with Crippen LogP contribution in [0, 0.1) is 0 Å². The maximum absolute atomic E-state index is 13.4. The third-order valence-corrected chi connectivity index (χ3v) is 7.03. The van der Waals surface area contributed by atoms with Crippen LogP contribution in [0.5, 0.6) is 0 Å². The van der Waals surface area contributed by atoms with Crippen molar-refractivity contribution >= 4 is 23.6 Å². The van der Waals surface area contributed by atoms with Gasteiger partial charge in [-0.1, -0.05) is 72.7 Å². The summed E-state index contributed by atoms with van der Waals surface area (Å²) in [7, 11) is 0. The molecule has 1 atom stereocenters. The molecule has 0 radical (unpaired) electrons. The summed E-state index contributed by atoms with van der Waals surface area (Å²) in [6.07, 6.45) is 1.29. The molecule has 0 aliphatic carbocycles. The van der Waals surface area contributed by atoms with E-state index in [1.165, 1.54) is 0 Å². The molecular formula is C26H31N3O2S. The highest BCUT2D eigenvalue weighted by Crippen LogP contribution is 2.34. The summed E-state index contributed by atoms with van der Waals surface area (Å²) >= 11 is 1.96. The Hall–Kier alpha value is -2.73. The molecule has 2 aromatic carbocycles. The predicted octanol–water partition coefficient (Wildman–Crippen LogP) is 5.26. The van der Waals surface area contributed by atoms with Gasteiger partial charge in [0, 0.05) is 36.2 Å². The van der Waals surface area contributed by atoms with Gasteiger partial charge in [-0.25, -0.2) is 0 Å². The van der Waals surface area contributed by atoms with E-state index < -0.39 is 0 Å². The van der Waals surface area contributed by atoms with Crippen molar-refractivity contribution in [3.63, 3.8) is 0 Å². The number of anilines is 1. The fourth-order valence-electron chi connectivity index (χ4n) is 4.03. The number of amides is 1. The van der Waals surface area contributed by atoms with Gasteiger partial charge in [0.25, 0.3) is 0 Å². The predicted molar refractivity (Wildman–Crippen MR) is 132 cm³/mol. The molecule has 0 spiro atoms. The molecule has 2 heterocycles. The third-order valence-electron chi connectivity index (χ3n) is 6.08. The number of nitrogens with zero attached hydrogens (tertiary/aromatic N) is 3. The lowest BCUT2D eigenvalue weighted by atomic mass is 10.0. The average molecular weight is 450 g/mol. The highest BCUT2D eigenvalue weighted by atomic mass is 32.2. The van der Waals surface area contributed by atoms with Gasteiger partial charge < -0.3 is 14.3 Å². The van der Waals surface area contributed by atoms with E-state index >= 15 is 0 Å². The smallest absolute Gasteiger partial charge is 0.232 e. The van der Waals surface area contributed by atoms with Gasteiger partial charge >= 0.3 is 0 Å². The van der Waals surface area contributed by atoms with E-state index in [2.05, 4.69) is 36.0 Å². The first kappa shape index (κ1) is 22.5. The Balaban J connectivity index is 1.68. The van der Waals surface area contributed by atoms with Crippen LogP contribution >= 0.6 is 11.8 Å². The summed E-state index contributed by atoms with van der Waals surface area (Å²) in [5.41, 5.74) is 3.89. The van der Waals surface area contributed by atoms with Crippen LogP contribution in [0.25, 0.3) is 11.3 Å². The zero-order valence-corrected chi connectivity index (χ0v) is 19.7. The standard InChI is InChI=1S/C26H31N3O2S/c1-3-20(2)29(24(30)18-21-10-6-4-7-11-21)19-23-25(22-12-8-5-9-13-22)27-31-26(23)28-14-16-32-17-15-28/h4-13,20H,3,14-19H2,1-2H3. The summed E-state index contributed by atoms with van der Waals surface area (Å²) in [6, 6.07) is 20.2. The highest BCUT2D eigenvalue weighted by molar-refractivity contribution is 7.99. The average Bonchev–Trinajstić information content (AvgIpc) is 3.27. The number of rotatable bonds is 8. The molecule has 1 saturated heterocycles. The summed E-state index contributed by atoms with van der Waals surface area (Å²) in [6.45, 7) is 6.61. The molecular weight excluding hydrogens is 418 g/mol. The van der Waals surface area contributed by atoms with Crippen molar-refractivity contribution in [2.24, 2.45) is 0 Å². The van der Waals surface area contributed by atoms with Gasteiger partial charge in [-0.05, 0) is 18.9 Å². The second-order valence-electron chi connectivity index (χ2n) is 8.22. The van der Waals surface area contributed by atoms with Crippen molar-refractivity contribution in [3.05, 3.63) is 71.8 Å². The number of carbonyl (C=O) groups is 1. The molecule has 168 valence electrons. The van der Waals surface area contributed by atoms with Crippen LogP contribution in [-0.2, 0) is 17.8 Å². The van der Waals surface area contributed by atoms with Crippen molar-refractivity contribution < 1.29 is 9.32 Å². The second kappa shape index (κ2) is 10.7. The molecule has 6 heteroatoms. The fraction of sp³-hybridized carbons (Fsp3) is 0.385. The summed E-state index contributed by atoms with van der Waals surface area (Å²) in [4.78, 5) is 17.7. The minimum absolute atomic E-state index is 0.120. The van der Waals surface area contributed by atoms with Crippen LogP contribution in [0.2, 0.25) is 0 Å². The Kier molecular flexibility index (Phi) is 7.53. The maximum Gasteiger partial charge on any atom is 0.232 e. The van der Waals surface area contributed by atoms with Crippen LogP contribution in [0.1, 0.15) is 31.4 Å². The summed E-state index contributed by atoms with van der Waals surface area (Å²) in [5.74, 6) is 3.09. The van der Waals surface area contributed by atoms with Crippen LogP contribution in [0.3, 0.4) is 0 Å². The molecule has 0 saturated carbocycles. The minimum atomic E-state index is 0.120. The topological polar surface area (TPSA) is 49.6 Å². The van der Waals surface area contributed by atoms with Gasteiger partial charge in [0.05, 0.1) is 18.5 Å². The largest absolute Gasteiger partial charge is 0.339 e. The number of aromatic nitrogens is 1. The maximum atomic E-state index is 13.4. The third kappa shape index (κ3) is 5.18. The molecule has 3 aromatic rings. The first-order valence-corrected chi connectivity index (χ1v) is 12.5. The number of hydrogen-bond donors (Lipinski definition) is 0. The van der Waals surface area contributed by atoms with Gasteiger partial charge in [0.15, 0.2) is 0 Å². The number of carbonyl (C=O) groups excluding carboxylic acids is 1. The quantitative estimate of drug-likeness (QED) is 0.469. The van der Waals surface area contributed by atoms with E-state index in [0.29, 0.717) is 13.0 Å². The first-order valence-electron chi connectivity index (χ1n) is 11.4. The van der Waals surface area contributed by atoms with E-state index in [1.807, 2.05) is 65.2 Å². The highest BCUT2D eigenvalue weighted by Gasteiger charge is 2.28. The normalized spacial score (nSPS) is 14.9. The van der Waals surface area contributed by atoms with Crippen LogP contribution in [-0.4, -0.2) is 46.6 Å². The van der Waals surface area contributed by atoms with Crippen LogP contribution in [0.15, 0.2) is 65.2 Å². The van der Waals surface area contributed by atoms with Crippen molar-refractivity contribution in [2.75, 3.05) is 29.5 Å². The van der Waals surface area contributed by atoms with Crippen molar-refractivity contribution in [1.82, 2.24) is 10.1 Å². The van der Waals surface area contributed by atoms with Crippen LogP contribution in [0.4, 0.5) is 5.88 Å². The lowest BCUT2D eigenvalue weighted by molar-refractivity contribution is -0.133. The Bertz CT molecular complexity index is 1000. The van der Waals surface area contributed by atoms with E-state index in [-0.39, 0.29) is 11.9 Å². The first-order chi connectivity index (χ1) is 15.7. The van der Waals surface area contributed by atoms with E-state index in [1.54, 1.807) is 0 Å². The van der Waals surface area contributed by atoms with E-state index in [4.69, 9.17) is 4.52 Å². The molecule has 0 N–H and O–H groups in total. The van der Waals surface area contributed by atoms with Gasteiger partial charge in [-0.15, -0.1) is 0 Å². The van der Waals surface area contributed by atoms with Crippen molar-refractivity contribution in [3.8, 4) is 11.3 Å². The Morgan fingerprint density at radius 2 is 1.75 bits per heavy atom. The zero-order valence-electron chi connectivity index (χ0n) is 18.9. The molecule has 1 amide bonds. The molecule has 1 aliphatic rings. The van der Waals surface area contributed by atoms with E-state index in [9.17, 15) is 4.79 Å². The van der Waals surface area contributed by atoms with Crippen LogP contribution < -0.4 is 4.90 Å². The Morgan fingerprint density at radius 3 is 2.41 bits per heavy atom. The molecule has 5 nitrogen and oxygen atoms in total. The summed E-state index contributed by atoms with van der Waals surface area (Å²) in [5, 5.41) is 4.48. The molecule has 0 bridgehead atoms. The Morgan fingerprint density at radius 1 is 1.09 bits per heavy atom. The lowest BCUT2D eigenvalue weighted by Gasteiger charge is -2.31. The molecule has 1 aliphatic heterocycles. The minimum Gasteiger partial charge on any atom is -0.339 e. The Labute approximate surface area is 194 Å². The second-order valence-corrected chi connectivity index (χ2v) is 9.45. The van der Waals surface area contributed by atoms with Gasteiger partial charge in [0.2, 0.25) is 11.8 Å². The molecule has 1 aromatic heterocycles.